The SMILES string of the molecule is C[C@@H]1CC2(CCN1)CNc1cc(Br)ccc12. The molecule has 0 bridgehead atoms. The van der Waals surface area contributed by atoms with Crippen LogP contribution in [0.3, 0.4) is 0 Å². The van der Waals surface area contributed by atoms with Crippen molar-refractivity contribution in [2.24, 2.45) is 0 Å². The summed E-state index contributed by atoms with van der Waals surface area (Å²) in [5.74, 6) is 0. The van der Waals surface area contributed by atoms with E-state index in [2.05, 4.69) is 51.7 Å². The zero-order valence-electron chi connectivity index (χ0n) is 9.52. The molecule has 1 aromatic carbocycles. The van der Waals surface area contributed by atoms with Crippen LogP contribution >= 0.6 is 15.9 Å². The number of hydrogen-bond donors (Lipinski definition) is 2. The first kappa shape index (κ1) is 10.6. The highest BCUT2D eigenvalue weighted by molar-refractivity contribution is 9.10. The van der Waals surface area contributed by atoms with Crippen molar-refractivity contribution in [2.75, 3.05) is 18.4 Å². The molecular weight excluding hydrogens is 264 g/mol. The number of anilines is 1. The summed E-state index contributed by atoms with van der Waals surface area (Å²) in [6.07, 6.45) is 2.49. The zero-order chi connectivity index (χ0) is 11.2. The third-order valence-electron chi connectivity index (χ3n) is 3.96. The molecule has 1 unspecified atom stereocenters. The molecule has 0 aromatic heterocycles. The molecule has 2 atom stereocenters. The van der Waals surface area contributed by atoms with Gasteiger partial charge >= 0.3 is 0 Å². The van der Waals surface area contributed by atoms with Crippen molar-refractivity contribution in [1.29, 1.82) is 0 Å². The molecule has 1 saturated heterocycles. The van der Waals surface area contributed by atoms with Crippen LogP contribution in [-0.2, 0) is 5.41 Å². The topological polar surface area (TPSA) is 24.1 Å². The molecule has 1 fully saturated rings. The van der Waals surface area contributed by atoms with Crippen LogP contribution in [0.4, 0.5) is 5.69 Å². The summed E-state index contributed by atoms with van der Waals surface area (Å²) in [6.45, 7) is 4.53. The number of halogens is 1. The van der Waals surface area contributed by atoms with Gasteiger partial charge in [0.1, 0.15) is 0 Å². The highest BCUT2D eigenvalue weighted by Gasteiger charge is 2.41. The molecule has 2 aliphatic heterocycles. The van der Waals surface area contributed by atoms with E-state index in [-0.39, 0.29) is 0 Å². The standard InChI is InChI=1S/C13H17BrN2/c1-9-7-13(4-5-15-9)8-16-12-6-10(14)2-3-11(12)13/h2-3,6,9,15-16H,4-5,7-8H2,1H3/t9-,13?/m1/s1. The van der Waals surface area contributed by atoms with Crippen molar-refractivity contribution in [3.05, 3.63) is 28.2 Å². The summed E-state index contributed by atoms with van der Waals surface area (Å²) < 4.78 is 1.16. The van der Waals surface area contributed by atoms with Gasteiger partial charge in [0, 0.05) is 28.2 Å². The molecule has 2 heterocycles. The highest BCUT2D eigenvalue weighted by Crippen LogP contribution is 2.44. The maximum atomic E-state index is 3.56. The third kappa shape index (κ3) is 1.57. The van der Waals surface area contributed by atoms with Crippen LogP contribution < -0.4 is 10.6 Å². The van der Waals surface area contributed by atoms with Crippen LogP contribution in [0.25, 0.3) is 0 Å². The Morgan fingerprint density at radius 1 is 1.44 bits per heavy atom. The maximum absolute atomic E-state index is 3.56. The van der Waals surface area contributed by atoms with Crippen molar-refractivity contribution >= 4 is 21.6 Å². The predicted octanol–water partition coefficient (Wildman–Crippen LogP) is 2.88. The second-order valence-electron chi connectivity index (χ2n) is 5.13. The van der Waals surface area contributed by atoms with E-state index >= 15 is 0 Å². The average Bonchev–Trinajstić information content (AvgIpc) is 2.57. The Morgan fingerprint density at radius 3 is 3.12 bits per heavy atom. The van der Waals surface area contributed by atoms with Crippen LogP contribution in [0, 0.1) is 0 Å². The van der Waals surface area contributed by atoms with Gasteiger partial charge in [-0.15, -0.1) is 0 Å². The average molecular weight is 281 g/mol. The van der Waals surface area contributed by atoms with Gasteiger partial charge in [0.05, 0.1) is 0 Å². The molecule has 2 N–H and O–H groups in total. The molecule has 2 nitrogen and oxygen atoms in total. The first-order valence-corrected chi connectivity index (χ1v) is 6.76. The van der Waals surface area contributed by atoms with Gasteiger partial charge < -0.3 is 10.6 Å². The van der Waals surface area contributed by atoms with Crippen LogP contribution in [0.1, 0.15) is 25.3 Å². The Balaban J connectivity index is 2.01. The molecule has 3 rings (SSSR count). The fraction of sp³-hybridized carbons (Fsp3) is 0.538. The molecule has 0 saturated carbocycles. The van der Waals surface area contributed by atoms with Crippen LogP contribution in [-0.4, -0.2) is 19.1 Å². The molecule has 1 aromatic rings. The Kier molecular flexibility index (Phi) is 2.48. The van der Waals surface area contributed by atoms with E-state index in [1.807, 2.05) is 0 Å². The number of benzene rings is 1. The molecule has 2 aliphatic rings. The molecular formula is C13H17BrN2. The van der Waals surface area contributed by atoms with E-state index in [0.717, 1.165) is 17.6 Å². The lowest BCUT2D eigenvalue weighted by molar-refractivity contribution is 0.283. The predicted molar refractivity (Wildman–Crippen MR) is 71.0 cm³/mol. The minimum atomic E-state index is 0.376. The second kappa shape index (κ2) is 3.74. The third-order valence-corrected chi connectivity index (χ3v) is 4.46. The van der Waals surface area contributed by atoms with E-state index in [4.69, 9.17) is 0 Å². The fourth-order valence-electron chi connectivity index (χ4n) is 3.21. The van der Waals surface area contributed by atoms with Crippen molar-refractivity contribution < 1.29 is 0 Å². The number of piperidine rings is 1. The Bertz CT molecular complexity index is 418. The molecule has 86 valence electrons. The summed E-state index contributed by atoms with van der Waals surface area (Å²) in [6, 6.07) is 7.29. The van der Waals surface area contributed by atoms with E-state index < -0.39 is 0 Å². The van der Waals surface area contributed by atoms with Crippen molar-refractivity contribution in [3.8, 4) is 0 Å². The van der Waals surface area contributed by atoms with Gasteiger partial charge in [-0.25, -0.2) is 0 Å². The number of rotatable bonds is 0. The first-order valence-electron chi connectivity index (χ1n) is 5.97. The van der Waals surface area contributed by atoms with Crippen molar-refractivity contribution in [2.45, 2.75) is 31.2 Å². The summed E-state index contributed by atoms with van der Waals surface area (Å²) in [5, 5.41) is 7.10. The van der Waals surface area contributed by atoms with E-state index in [0.29, 0.717) is 11.5 Å². The van der Waals surface area contributed by atoms with Crippen LogP contribution in [0.2, 0.25) is 0 Å². The lowest BCUT2D eigenvalue weighted by atomic mass is 9.72. The molecule has 16 heavy (non-hydrogen) atoms. The van der Waals surface area contributed by atoms with Crippen molar-refractivity contribution in [1.82, 2.24) is 5.32 Å². The van der Waals surface area contributed by atoms with Gasteiger partial charge in [-0.2, -0.15) is 0 Å². The Labute approximate surface area is 105 Å². The number of nitrogens with one attached hydrogen (secondary N) is 2. The second-order valence-corrected chi connectivity index (χ2v) is 6.05. The molecule has 3 heteroatoms. The van der Waals surface area contributed by atoms with Crippen LogP contribution in [0.5, 0.6) is 0 Å². The Hall–Kier alpha value is -0.540. The maximum Gasteiger partial charge on any atom is 0.0390 e. The van der Waals surface area contributed by atoms with E-state index in [1.165, 1.54) is 24.1 Å². The fourth-order valence-corrected chi connectivity index (χ4v) is 3.57. The largest absolute Gasteiger partial charge is 0.384 e. The monoisotopic (exact) mass is 280 g/mol. The van der Waals surface area contributed by atoms with Gasteiger partial charge in [-0.05, 0) is 44.0 Å². The molecule has 0 radical (unpaired) electrons. The van der Waals surface area contributed by atoms with Crippen molar-refractivity contribution in [3.63, 3.8) is 0 Å². The minimum absolute atomic E-state index is 0.376. The minimum Gasteiger partial charge on any atom is -0.384 e. The summed E-state index contributed by atoms with van der Waals surface area (Å²) in [4.78, 5) is 0. The van der Waals surface area contributed by atoms with E-state index in [9.17, 15) is 0 Å². The number of fused-ring (bicyclic) bond motifs is 2. The zero-order valence-corrected chi connectivity index (χ0v) is 11.1. The molecule has 0 amide bonds. The highest BCUT2D eigenvalue weighted by atomic mass is 79.9. The Morgan fingerprint density at radius 2 is 2.31 bits per heavy atom. The lowest BCUT2D eigenvalue weighted by Gasteiger charge is -2.37. The summed E-state index contributed by atoms with van der Waals surface area (Å²) >= 11 is 3.54. The molecule has 1 spiro atoms. The van der Waals surface area contributed by atoms with Gasteiger partial charge in [-0.3, -0.25) is 0 Å². The van der Waals surface area contributed by atoms with Crippen LogP contribution in [0.15, 0.2) is 22.7 Å². The van der Waals surface area contributed by atoms with Gasteiger partial charge in [-0.1, -0.05) is 22.0 Å². The first-order chi connectivity index (χ1) is 7.70. The summed E-state index contributed by atoms with van der Waals surface area (Å²) in [5.41, 5.74) is 3.22. The van der Waals surface area contributed by atoms with Gasteiger partial charge in [0.2, 0.25) is 0 Å². The number of hydrogen-bond acceptors (Lipinski definition) is 2. The van der Waals surface area contributed by atoms with Gasteiger partial charge in [0.25, 0.3) is 0 Å². The normalized spacial score (nSPS) is 32.5. The summed E-state index contributed by atoms with van der Waals surface area (Å²) in [7, 11) is 0. The quantitative estimate of drug-likeness (QED) is 0.764. The smallest absolute Gasteiger partial charge is 0.0390 e. The van der Waals surface area contributed by atoms with Gasteiger partial charge in [0.15, 0.2) is 0 Å². The molecule has 0 aliphatic carbocycles. The lowest BCUT2D eigenvalue weighted by Crippen LogP contribution is -2.46. The van der Waals surface area contributed by atoms with E-state index in [1.54, 1.807) is 0 Å².